The van der Waals surface area contributed by atoms with Crippen LogP contribution < -0.4 is 10.8 Å². The van der Waals surface area contributed by atoms with Gasteiger partial charge < -0.3 is 15.2 Å². The van der Waals surface area contributed by atoms with Gasteiger partial charge >= 0.3 is 18.0 Å². The van der Waals surface area contributed by atoms with E-state index in [2.05, 4.69) is 10.8 Å². The molecule has 10 nitrogen and oxygen atoms in total. The smallest absolute Gasteiger partial charge is 0.456 e. The minimum Gasteiger partial charge on any atom is -0.456 e. The zero-order valence-corrected chi connectivity index (χ0v) is 22.3. The molecule has 10 heteroatoms. The number of imide groups is 1. The number of unbranched alkanes of at least 4 members (excludes halogenated alkanes) is 2. The van der Waals surface area contributed by atoms with Crippen molar-refractivity contribution in [1.82, 2.24) is 10.8 Å². The lowest BCUT2D eigenvalue weighted by atomic mass is 9.93. The van der Waals surface area contributed by atoms with Crippen molar-refractivity contribution in [1.29, 1.82) is 0 Å². The molecule has 0 spiro atoms. The number of rotatable bonds is 13. The van der Waals surface area contributed by atoms with Gasteiger partial charge in [-0.2, -0.15) is 4.79 Å². The highest BCUT2D eigenvalue weighted by Gasteiger charge is 2.58. The van der Waals surface area contributed by atoms with Gasteiger partial charge in [0, 0.05) is 13.0 Å². The predicted octanol–water partition coefficient (Wildman–Crippen LogP) is 3.56. The summed E-state index contributed by atoms with van der Waals surface area (Å²) in [5, 5.41) is 13.4. The highest BCUT2D eigenvalue weighted by Crippen LogP contribution is 2.28. The number of ether oxygens (including phenoxy) is 1. The summed E-state index contributed by atoms with van der Waals surface area (Å²) < 4.78 is 4.37. The highest BCUT2D eigenvalue weighted by atomic mass is 16.6. The van der Waals surface area contributed by atoms with E-state index in [1.165, 1.54) is 0 Å². The van der Waals surface area contributed by atoms with Gasteiger partial charge in [0.2, 0.25) is 11.9 Å². The Morgan fingerprint density at radius 1 is 1.00 bits per heavy atom. The largest absolute Gasteiger partial charge is 0.521 e. The van der Waals surface area contributed by atoms with Gasteiger partial charge in [-0.05, 0) is 17.5 Å². The van der Waals surface area contributed by atoms with Crippen molar-refractivity contribution < 1.29 is 38.3 Å². The van der Waals surface area contributed by atoms with Crippen LogP contribution in [0.25, 0.3) is 0 Å². The van der Waals surface area contributed by atoms with Crippen LogP contribution in [0.1, 0.15) is 50.2 Å². The van der Waals surface area contributed by atoms with Crippen LogP contribution in [-0.4, -0.2) is 59.1 Å². The van der Waals surface area contributed by atoms with E-state index in [1.54, 1.807) is 12.1 Å². The number of piperazine rings is 1. The molecule has 39 heavy (non-hydrogen) atoms. The number of carboxylic acid groups (broad SMARTS) is 1. The van der Waals surface area contributed by atoms with E-state index in [1.807, 2.05) is 55.5 Å². The van der Waals surface area contributed by atoms with E-state index in [0.717, 1.165) is 24.0 Å². The third-order valence-corrected chi connectivity index (χ3v) is 6.95. The lowest BCUT2D eigenvalue weighted by Gasteiger charge is -2.40. The molecule has 3 atom stereocenters. The fraction of sp³-hybridized carbons (Fsp3) is 0.448. The summed E-state index contributed by atoms with van der Waals surface area (Å²) in [6.45, 7) is 2.20. The van der Waals surface area contributed by atoms with E-state index in [4.69, 9.17) is 9.57 Å². The van der Waals surface area contributed by atoms with Gasteiger partial charge in [0.15, 0.2) is 0 Å². The van der Waals surface area contributed by atoms with Gasteiger partial charge in [-0.25, -0.2) is 15.1 Å². The molecule has 3 N–H and O–H groups in total. The molecular formula is C29H38N3O7+. The number of amides is 3. The number of carbonyl (C=O) groups is 4. The zero-order chi connectivity index (χ0) is 28.1. The average Bonchev–Trinajstić information content (AvgIpc) is 2.96. The Labute approximate surface area is 228 Å². The second-order valence-electron chi connectivity index (χ2n) is 9.72. The van der Waals surface area contributed by atoms with Crippen LogP contribution in [0.15, 0.2) is 60.7 Å². The van der Waals surface area contributed by atoms with Crippen LogP contribution in [0.3, 0.4) is 0 Å². The molecule has 0 saturated carbocycles. The average molecular weight is 541 g/mol. The Hall–Kier alpha value is -3.60. The normalized spacial score (nSPS) is 19.6. The maximum atomic E-state index is 14.0. The molecule has 2 aromatic rings. The SMILES string of the molecule is CCCCC[C@@H](CC(=O)NOCc1ccccc1)C(=O)[N@+]1(C(=O)O)CCNCC1C(=O)OCc1ccccc1. The standard InChI is InChI=1S/C29H37N3O7/c1-2-3-6-15-24(18-26(33)31-39-21-23-13-9-5-10-14-23)27(34)32(29(36)37)17-16-30-19-25(32)28(35)38-20-22-11-7-4-8-12-22/h4-5,7-14,24-25,30H,2-3,6,15-21H2,1H3,(H-,31,33,36,37)/p+1/t24-,25?,32-/m0/s1. The van der Waals surface area contributed by atoms with Crippen molar-refractivity contribution in [3.8, 4) is 0 Å². The molecule has 2 aromatic carbocycles. The summed E-state index contributed by atoms with van der Waals surface area (Å²) in [6.07, 6.45) is 1.02. The fourth-order valence-electron chi connectivity index (χ4n) is 4.80. The quantitative estimate of drug-likeness (QED) is 0.152. The number of quaternary nitrogens is 1. The number of esters is 1. The van der Waals surface area contributed by atoms with Gasteiger partial charge in [0.05, 0.1) is 19.1 Å². The van der Waals surface area contributed by atoms with Crippen molar-refractivity contribution in [3.05, 3.63) is 71.8 Å². The van der Waals surface area contributed by atoms with Crippen molar-refractivity contribution in [2.75, 3.05) is 19.6 Å². The summed E-state index contributed by atoms with van der Waals surface area (Å²) in [6, 6.07) is 17.0. The van der Waals surface area contributed by atoms with Crippen LogP contribution in [0.4, 0.5) is 4.79 Å². The predicted molar refractivity (Wildman–Crippen MR) is 143 cm³/mol. The van der Waals surface area contributed by atoms with Crippen LogP contribution in [0.5, 0.6) is 0 Å². The topological polar surface area (TPSA) is 131 Å². The van der Waals surface area contributed by atoms with Crippen molar-refractivity contribution in [2.24, 2.45) is 5.92 Å². The van der Waals surface area contributed by atoms with Crippen LogP contribution >= 0.6 is 0 Å². The van der Waals surface area contributed by atoms with E-state index in [-0.39, 0.29) is 39.3 Å². The third kappa shape index (κ3) is 8.19. The third-order valence-electron chi connectivity index (χ3n) is 6.95. The minimum absolute atomic E-state index is 0.0280. The first-order valence-corrected chi connectivity index (χ1v) is 13.4. The molecule has 0 aromatic heterocycles. The van der Waals surface area contributed by atoms with E-state index in [9.17, 15) is 24.3 Å². The second-order valence-corrected chi connectivity index (χ2v) is 9.72. The first-order chi connectivity index (χ1) is 18.9. The Morgan fingerprint density at radius 3 is 2.26 bits per heavy atom. The summed E-state index contributed by atoms with van der Waals surface area (Å²) in [4.78, 5) is 58.0. The Bertz CT molecular complexity index is 1100. The molecule has 210 valence electrons. The molecule has 1 aliphatic heterocycles. The highest BCUT2D eigenvalue weighted by molar-refractivity contribution is 5.90. The van der Waals surface area contributed by atoms with E-state index >= 15 is 0 Å². The Balaban J connectivity index is 1.75. The molecule has 3 amide bonds. The van der Waals surface area contributed by atoms with E-state index < -0.39 is 40.3 Å². The molecule has 0 bridgehead atoms. The summed E-state index contributed by atoms with van der Waals surface area (Å²) in [5.41, 5.74) is 3.99. The maximum absolute atomic E-state index is 14.0. The van der Waals surface area contributed by atoms with Gasteiger partial charge in [-0.1, -0.05) is 86.8 Å². The molecule has 1 unspecified atom stereocenters. The number of hydroxylamine groups is 1. The Morgan fingerprint density at radius 2 is 1.64 bits per heavy atom. The molecule has 1 saturated heterocycles. The number of nitrogens with zero attached hydrogens (tertiary/aromatic N) is 1. The number of hydrogen-bond acceptors (Lipinski definition) is 7. The summed E-state index contributed by atoms with van der Waals surface area (Å²) >= 11 is 0. The number of benzene rings is 2. The summed E-state index contributed by atoms with van der Waals surface area (Å²) in [5.74, 6) is -2.87. The van der Waals surface area contributed by atoms with Crippen molar-refractivity contribution in [3.63, 3.8) is 0 Å². The zero-order valence-electron chi connectivity index (χ0n) is 22.3. The number of hydrogen-bond donors (Lipinski definition) is 3. The van der Waals surface area contributed by atoms with Gasteiger partial charge in [0.25, 0.3) is 0 Å². The summed E-state index contributed by atoms with van der Waals surface area (Å²) in [7, 11) is 0. The first kappa shape index (κ1) is 29.9. The van der Waals surface area contributed by atoms with Crippen LogP contribution in [0, 0.1) is 5.92 Å². The van der Waals surface area contributed by atoms with Crippen LogP contribution in [-0.2, 0) is 37.2 Å². The van der Waals surface area contributed by atoms with Crippen molar-refractivity contribution in [2.45, 2.75) is 58.3 Å². The van der Waals surface area contributed by atoms with Crippen LogP contribution in [0.2, 0.25) is 0 Å². The molecule has 1 heterocycles. The monoisotopic (exact) mass is 540 g/mol. The molecule has 1 fully saturated rings. The second kappa shape index (κ2) is 15.1. The maximum Gasteiger partial charge on any atom is 0.521 e. The molecular weight excluding hydrogens is 502 g/mol. The molecule has 0 radical (unpaired) electrons. The fourth-order valence-corrected chi connectivity index (χ4v) is 4.80. The molecule has 1 aliphatic rings. The van der Waals surface area contributed by atoms with E-state index in [0.29, 0.717) is 12.8 Å². The molecule has 0 aliphatic carbocycles. The first-order valence-electron chi connectivity index (χ1n) is 13.4. The lowest BCUT2D eigenvalue weighted by Crippen LogP contribution is -2.73. The minimum atomic E-state index is -1.43. The van der Waals surface area contributed by atoms with Gasteiger partial charge in [-0.15, -0.1) is 4.48 Å². The van der Waals surface area contributed by atoms with Crippen molar-refractivity contribution >= 4 is 23.9 Å². The number of nitrogens with one attached hydrogen (secondary N) is 2. The molecule has 3 rings (SSSR count). The van der Waals surface area contributed by atoms with Gasteiger partial charge in [0.1, 0.15) is 13.2 Å². The Kier molecular flexibility index (Phi) is 11.6. The lowest BCUT2D eigenvalue weighted by molar-refractivity contribution is -0.804. The number of carbonyl (C=O) groups excluding carboxylic acids is 3. The van der Waals surface area contributed by atoms with Gasteiger partial charge in [-0.3, -0.25) is 9.63 Å².